The summed E-state index contributed by atoms with van der Waals surface area (Å²) in [4.78, 5) is 0. The van der Waals surface area contributed by atoms with Crippen LogP contribution in [0.3, 0.4) is 0 Å². The van der Waals surface area contributed by atoms with E-state index in [0.717, 1.165) is 28.7 Å². The summed E-state index contributed by atoms with van der Waals surface area (Å²) in [6.07, 6.45) is 3.68. The fourth-order valence-corrected chi connectivity index (χ4v) is 2.59. The van der Waals surface area contributed by atoms with E-state index in [1.54, 1.807) is 6.20 Å². The highest BCUT2D eigenvalue weighted by Gasteiger charge is 2.16. The fourth-order valence-electron chi connectivity index (χ4n) is 2.59. The minimum atomic E-state index is 0.502. The third-order valence-electron chi connectivity index (χ3n) is 3.80. The van der Waals surface area contributed by atoms with E-state index >= 15 is 0 Å². The first-order chi connectivity index (χ1) is 10.2. The van der Waals surface area contributed by atoms with Crippen LogP contribution in [-0.4, -0.2) is 14.8 Å². The molecule has 0 amide bonds. The van der Waals surface area contributed by atoms with E-state index < -0.39 is 0 Å². The third-order valence-corrected chi connectivity index (χ3v) is 3.80. The fraction of sp³-hybridized carbons (Fsp3) is 0.188. The molecule has 5 heteroatoms. The molecule has 0 radical (unpaired) electrons. The van der Waals surface area contributed by atoms with E-state index in [0.29, 0.717) is 5.82 Å². The monoisotopic (exact) mass is 277 g/mol. The number of aromatic nitrogens is 3. The minimum absolute atomic E-state index is 0.502. The molecule has 0 aliphatic carbocycles. The summed E-state index contributed by atoms with van der Waals surface area (Å²) in [5.41, 5.74) is 4.45. The molecule has 1 aromatic carbocycles. The Labute approximate surface area is 122 Å². The number of benzene rings is 1. The molecule has 2 heterocycles. The Hall–Kier alpha value is -2.87. The van der Waals surface area contributed by atoms with E-state index in [2.05, 4.69) is 46.1 Å². The molecule has 104 valence electrons. The Morgan fingerprint density at radius 2 is 2.00 bits per heavy atom. The normalized spacial score (nSPS) is 10.5. The van der Waals surface area contributed by atoms with Crippen molar-refractivity contribution in [2.75, 3.05) is 5.32 Å². The van der Waals surface area contributed by atoms with E-state index in [1.807, 2.05) is 24.4 Å². The lowest BCUT2D eigenvalue weighted by Gasteiger charge is -2.10. The van der Waals surface area contributed by atoms with E-state index in [4.69, 9.17) is 5.26 Å². The molecule has 0 saturated carbocycles. The topological polar surface area (TPSA) is 66.5 Å². The van der Waals surface area contributed by atoms with Crippen molar-refractivity contribution >= 4 is 16.7 Å². The highest BCUT2D eigenvalue weighted by molar-refractivity contribution is 5.92. The molecule has 0 unspecified atom stereocenters. The first kappa shape index (κ1) is 13.1. The Bertz CT molecular complexity index is 827. The van der Waals surface area contributed by atoms with Crippen molar-refractivity contribution in [1.29, 1.82) is 5.26 Å². The maximum atomic E-state index is 8.90. The first-order valence-corrected chi connectivity index (χ1v) is 6.72. The van der Waals surface area contributed by atoms with Crippen LogP contribution in [0.15, 0.2) is 36.5 Å². The number of nitriles is 1. The van der Waals surface area contributed by atoms with Gasteiger partial charge >= 0.3 is 0 Å². The van der Waals surface area contributed by atoms with Crippen molar-refractivity contribution in [2.24, 2.45) is 0 Å². The summed E-state index contributed by atoms with van der Waals surface area (Å²) in [6.45, 7) is 4.88. The average Bonchev–Trinajstić information content (AvgIpc) is 2.75. The van der Waals surface area contributed by atoms with Gasteiger partial charge in [-0.1, -0.05) is 30.3 Å². The Morgan fingerprint density at radius 3 is 2.71 bits per heavy atom. The molecule has 0 fully saturated rings. The number of nitrogens with zero attached hydrogens (tertiary/aromatic N) is 4. The van der Waals surface area contributed by atoms with Crippen LogP contribution >= 0.6 is 0 Å². The molecular weight excluding hydrogens is 262 g/mol. The van der Waals surface area contributed by atoms with Crippen molar-refractivity contribution in [3.63, 3.8) is 0 Å². The van der Waals surface area contributed by atoms with Crippen LogP contribution in [-0.2, 0) is 6.54 Å². The predicted molar refractivity (Wildman–Crippen MR) is 81.8 cm³/mol. The molecule has 0 spiro atoms. The molecule has 0 atom stereocenters. The zero-order valence-corrected chi connectivity index (χ0v) is 12.0. The molecular formula is C16H15N5. The SMILES string of the molecule is Cc1c(C)n(Cc2ccccc2)c2c(NC#N)nncc12. The number of aryl methyl sites for hydroxylation is 1. The Balaban J connectivity index is 2.21. The molecule has 5 nitrogen and oxygen atoms in total. The summed E-state index contributed by atoms with van der Waals surface area (Å²) < 4.78 is 2.17. The molecule has 0 aliphatic rings. The maximum Gasteiger partial charge on any atom is 0.186 e. The lowest BCUT2D eigenvalue weighted by molar-refractivity contribution is 0.799. The lowest BCUT2D eigenvalue weighted by atomic mass is 10.2. The molecule has 0 aliphatic heterocycles. The summed E-state index contributed by atoms with van der Waals surface area (Å²) in [7, 11) is 0. The second kappa shape index (κ2) is 5.25. The second-order valence-corrected chi connectivity index (χ2v) is 4.97. The molecule has 1 N–H and O–H groups in total. The van der Waals surface area contributed by atoms with Crippen LogP contribution in [0, 0.1) is 25.3 Å². The van der Waals surface area contributed by atoms with Crippen LogP contribution in [0.4, 0.5) is 5.82 Å². The summed E-state index contributed by atoms with van der Waals surface area (Å²) in [5.74, 6) is 0.502. The van der Waals surface area contributed by atoms with Crippen molar-refractivity contribution in [3.8, 4) is 6.19 Å². The Morgan fingerprint density at radius 1 is 1.24 bits per heavy atom. The highest BCUT2D eigenvalue weighted by Crippen LogP contribution is 2.29. The Kier molecular flexibility index (Phi) is 3.28. The zero-order chi connectivity index (χ0) is 14.8. The van der Waals surface area contributed by atoms with Gasteiger partial charge in [-0.15, -0.1) is 5.10 Å². The lowest BCUT2D eigenvalue weighted by Crippen LogP contribution is -2.05. The highest BCUT2D eigenvalue weighted by atomic mass is 15.2. The van der Waals surface area contributed by atoms with Crippen molar-refractivity contribution < 1.29 is 0 Å². The van der Waals surface area contributed by atoms with Crippen molar-refractivity contribution in [1.82, 2.24) is 14.8 Å². The van der Waals surface area contributed by atoms with Crippen molar-refractivity contribution in [3.05, 3.63) is 53.3 Å². The molecule has 0 saturated heterocycles. The third kappa shape index (κ3) is 2.21. The van der Waals surface area contributed by atoms with Crippen LogP contribution in [0.5, 0.6) is 0 Å². The quantitative estimate of drug-likeness (QED) is 0.590. The molecule has 3 rings (SSSR count). The number of nitrogens with one attached hydrogen (secondary N) is 1. The number of hydrogen-bond acceptors (Lipinski definition) is 4. The minimum Gasteiger partial charge on any atom is -0.337 e. The van der Waals surface area contributed by atoms with Crippen LogP contribution < -0.4 is 5.32 Å². The van der Waals surface area contributed by atoms with Gasteiger partial charge in [0, 0.05) is 17.6 Å². The molecule has 2 aromatic heterocycles. The zero-order valence-electron chi connectivity index (χ0n) is 12.0. The van der Waals surface area contributed by atoms with E-state index in [1.165, 1.54) is 5.56 Å². The van der Waals surface area contributed by atoms with Crippen molar-refractivity contribution in [2.45, 2.75) is 20.4 Å². The van der Waals surface area contributed by atoms with Gasteiger partial charge in [-0.25, -0.2) is 0 Å². The van der Waals surface area contributed by atoms with Gasteiger partial charge in [-0.2, -0.15) is 10.4 Å². The summed E-state index contributed by atoms with van der Waals surface area (Å²) >= 11 is 0. The second-order valence-electron chi connectivity index (χ2n) is 4.97. The van der Waals surface area contributed by atoms with Crippen LogP contribution in [0.25, 0.3) is 10.9 Å². The van der Waals surface area contributed by atoms with Gasteiger partial charge in [-0.05, 0) is 25.0 Å². The number of hydrogen-bond donors (Lipinski definition) is 1. The standard InChI is InChI=1S/C16H15N5/c1-11-12(2)21(9-13-6-4-3-5-7-13)15-14(11)8-19-20-16(15)18-10-17/h3-8H,9H2,1-2H3,(H,18,20). The van der Waals surface area contributed by atoms with Crippen LogP contribution in [0.1, 0.15) is 16.8 Å². The van der Waals surface area contributed by atoms with Crippen LogP contribution in [0.2, 0.25) is 0 Å². The van der Waals surface area contributed by atoms with E-state index in [9.17, 15) is 0 Å². The summed E-state index contributed by atoms with van der Waals surface area (Å²) in [6, 6.07) is 10.2. The van der Waals surface area contributed by atoms with Gasteiger partial charge in [-0.3, -0.25) is 5.32 Å². The van der Waals surface area contributed by atoms with E-state index in [-0.39, 0.29) is 0 Å². The number of anilines is 1. The molecule has 21 heavy (non-hydrogen) atoms. The smallest absolute Gasteiger partial charge is 0.186 e. The molecule has 0 bridgehead atoms. The largest absolute Gasteiger partial charge is 0.337 e. The predicted octanol–water partition coefficient (Wildman–Crippen LogP) is 2.99. The summed E-state index contributed by atoms with van der Waals surface area (Å²) in [5, 5.41) is 20.6. The average molecular weight is 277 g/mol. The van der Waals surface area contributed by atoms with Gasteiger partial charge < -0.3 is 4.57 Å². The van der Waals surface area contributed by atoms with Gasteiger partial charge in [0.25, 0.3) is 0 Å². The first-order valence-electron chi connectivity index (χ1n) is 6.72. The van der Waals surface area contributed by atoms with Gasteiger partial charge in [0.15, 0.2) is 12.0 Å². The van der Waals surface area contributed by atoms with Gasteiger partial charge in [0.05, 0.1) is 11.7 Å². The number of fused-ring (bicyclic) bond motifs is 1. The van der Waals surface area contributed by atoms with Gasteiger partial charge in [0.2, 0.25) is 0 Å². The number of rotatable bonds is 3. The molecule has 3 aromatic rings. The maximum absolute atomic E-state index is 8.90. The van der Waals surface area contributed by atoms with Gasteiger partial charge in [0.1, 0.15) is 0 Å².